The van der Waals surface area contributed by atoms with Crippen molar-refractivity contribution >= 4 is 38.7 Å². The Labute approximate surface area is 135 Å². The van der Waals surface area contributed by atoms with Crippen molar-refractivity contribution in [2.24, 2.45) is 0 Å². The van der Waals surface area contributed by atoms with Crippen molar-refractivity contribution in [3.8, 4) is 0 Å². The Morgan fingerprint density at radius 1 is 1.36 bits per heavy atom. The first kappa shape index (κ1) is 16.4. The molecular weight excluding hydrogens is 352 g/mol. The molecule has 0 radical (unpaired) electrons. The van der Waals surface area contributed by atoms with Crippen molar-refractivity contribution in [1.82, 2.24) is 10.3 Å². The molecule has 22 heavy (non-hydrogen) atoms. The van der Waals surface area contributed by atoms with Gasteiger partial charge in [-0.3, -0.25) is 9.78 Å². The van der Waals surface area contributed by atoms with E-state index in [1.165, 1.54) is 0 Å². The van der Waals surface area contributed by atoms with Crippen molar-refractivity contribution in [3.05, 3.63) is 40.0 Å². The van der Waals surface area contributed by atoms with Gasteiger partial charge in [-0.2, -0.15) is 0 Å². The standard InChI is InChI=1S/C15H15BrN2O4/c1-8-5-11(10-4-3-9(16)6-12(10)18-8)13(19)17-7-15(2,22)14(20)21/h3-6,22H,7H2,1-2H3,(H,17,19)(H,20,21). The Balaban J connectivity index is 2.34. The van der Waals surface area contributed by atoms with E-state index >= 15 is 0 Å². The number of rotatable bonds is 4. The Kier molecular flexibility index (Phi) is 4.48. The Hall–Kier alpha value is -1.99. The molecule has 1 aromatic carbocycles. The zero-order chi connectivity index (χ0) is 16.5. The van der Waals surface area contributed by atoms with E-state index in [0.717, 1.165) is 11.4 Å². The number of nitrogens with zero attached hydrogens (tertiary/aromatic N) is 1. The summed E-state index contributed by atoms with van der Waals surface area (Å²) in [5.74, 6) is -1.85. The van der Waals surface area contributed by atoms with Crippen LogP contribution < -0.4 is 5.32 Å². The fraction of sp³-hybridized carbons (Fsp3) is 0.267. The first-order valence-corrected chi connectivity index (χ1v) is 7.31. The molecule has 2 rings (SSSR count). The number of halogens is 1. The van der Waals surface area contributed by atoms with Crippen LogP contribution in [0.4, 0.5) is 0 Å². The number of hydrogen-bond acceptors (Lipinski definition) is 4. The zero-order valence-electron chi connectivity index (χ0n) is 12.1. The van der Waals surface area contributed by atoms with Crippen molar-refractivity contribution in [1.29, 1.82) is 0 Å². The number of carbonyl (C=O) groups is 2. The summed E-state index contributed by atoms with van der Waals surface area (Å²) in [6.07, 6.45) is 0. The van der Waals surface area contributed by atoms with E-state index in [1.54, 1.807) is 31.2 Å². The number of carboxylic acid groups (broad SMARTS) is 1. The van der Waals surface area contributed by atoms with Crippen LogP contribution >= 0.6 is 15.9 Å². The molecule has 6 nitrogen and oxygen atoms in total. The molecule has 0 aliphatic carbocycles. The molecule has 1 heterocycles. The topological polar surface area (TPSA) is 99.5 Å². The summed E-state index contributed by atoms with van der Waals surface area (Å²) >= 11 is 3.35. The van der Waals surface area contributed by atoms with Crippen LogP contribution in [0.5, 0.6) is 0 Å². The number of nitrogens with one attached hydrogen (secondary N) is 1. The highest BCUT2D eigenvalue weighted by atomic mass is 79.9. The Bertz CT molecular complexity index is 753. The number of carbonyl (C=O) groups excluding carboxylic acids is 1. The Morgan fingerprint density at radius 2 is 2.05 bits per heavy atom. The van der Waals surface area contributed by atoms with Crippen LogP contribution in [-0.2, 0) is 4.79 Å². The van der Waals surface area contributed by atoms with Gasteiger partial charge >= 0.3 is 5.97 Å². The number of hydrogen-bond donors (Lipinski definition) is 3. The lowest BCUT2D eigenvalue weighted by molar-refractivity contribution is -0.155. The number of aliphatic hydroxyl groups is 1. The Morgan fingerprint density at radius 3 is 2.68 bits per heavy atom. The lowest BCUT2D eigenvalue weighted by Crippen LogP contribution is -2.46. The van der Waals surface area contributed by atoms with E-state index in [9.17, 15) is 14.7 Å². The third-order valence-corrected chi connectivity index (χ3v) is 3.69. The molecular formula is C15H15BrN2O4. The summed E-state index contributed by atoms with van der Waals surface area (Å²) in [5, 5.41) is 21.6. The highest BCUT2D eigenvalue weighted by Gasteiger charge is 2.30. The average molecular weight is 367 g/mol. The molecule has 7 heteroatoms. The zero-order valence-corrected chi connectivity index (χ0v) is 13.6. The van der Waals surface area contributed by atoms with Gasteiger partial charge in [-0.1, -0.05) is 22.0 Å². The van der Waals surface area contributed by atoms with E-state index < -0.39 is 17.5 Å². The summed E-state index contributed by atoms with van der Waals surface area (Å²) in [7, 11) is 0. The van der Waals surface area contributed by atoms with Gasteiger partial charge in [-0.25, -0.2) is 4.79 Å². The molecule has 0 saturated heterocycles. The maximum atomic E-state index is 12.3. The predicted octanol–water partition coefficient (Wildman–Crippen LogP) is 1.87. The van der Waals surface area contributed by atoms with Crippen LogP contribution in [0.2, 0.25) is 0 Å². The number of fused-ring (bicyclic) bond motifs is 1. The van der Waals surface area contributed by atoms with E-state index in [-0.39, 0.29) is 6.54 Å². The minimum Gasteiger partial charge on any atom is -0.479 e. The maximum absolute atomic E-state index is 12.3. The molecule has 1 unspecified atom stereocenters. The van der Waals surface area contributed by atoms with Gasteiger partial charge in [-0.05, 0) is 32.0 Å². The number of aryl methyl sites for hydroxylation is 1. The fourth-order valence-corrected chi connectivity index (χ4v) is 2.29. The van der Waals surface area contributed by atoms with E-state index in [1.807, 2.05) is 0 Å². The van der Waals surface area contributed by atoms with Crippen molar-refractivity contribution < 1.29 is 19.8 Å². The predicted molar refractivity (Wildman–Crippen MR) is 84.8 cm³/mol. The van der Waals surface area contributed by atoms with Gasteiger partial charge in [0.1, 0.15) is 0 Å². The number of aromatic nitrogens is 1. The van der Waals surface area contributed by atoms with Crippen LogP contribution in [0.25, 0.3) is 10.9 Å². The van der Waals surface area contributed by atoms with Crippen LogP contribution in [-0.4, -0.2) is 39.2 Å². The quantitative estimate of drug-likeness (QED) is 0.766. The van der Waals surface area contributed by atoms with Crippen molar-refractivity contribution in [3.63, 3.8) is 0 Å². The highest BCUT2D eigenvalue weighted by molar-refractivity contribution is 9.10. The van der Waals surface area contributed by atoms with E-state index in [4.69, 9.17) is 5.11 Å². The van der Waals surface area contributed by atoms with Gasteiger partial charge < -0.3 is 15.5 Å². The third kappa shape index (κ3) is 3.42. The smallest absolute Gasteiger partial charge is 0.337 e. The molecule has 0 bridgehead atoms. The van der Waals surface area contributed by atoms with Gasteiger partial charge in [0.25, 0.3) is 5.91 Å². The first-order valence-electron chi connectivity index (χ1n) is 6.51. The molecule has 3 N–H and O–H groups in total. The van der Waals surface area contributed by atoms with Gasteiger partial charge in [0.2, 0.25) is 0 Å². The summed E-state index contributed by atoms with van der Waals surface area (Å²) < 4.78 is 0.846. The summed E-state index contributed by atoms with van der Waals surface area (Å²) in [4.78, 5) is 27.5. The summed E-state index contributed by atoms with van der Waals surface area (Å²) in [5.41, 5.74) is -0.308. The molecule has 1 atom stereocenters. The van der Waals surface area contributed by atoms with E-state index in [2.05, 4.69) is 26.2 Å². The van der Waals surface area contributed by atoms with Gasteiger partial charge in [-0.15, -0.1) is 0 Å². The minimum absolute atomic E-state index is 0.385. The molecule has 2 aromatic rings. The minimum atomic E-state index is -2.02. The number of aliphatic carboxylic acids is 1. The average Bonchev–Trinajstić information content (AvgIpc) is 2.43. The van der Waals surface area contributed by atoms with Gasteiger partial charge in [0.05, 0.1) is 17.6 Å². The monoisotopic (exact) mass is 366 g/mol. The van der Waals surface area contributed by atoms with Gasteiger partial charge in [0.15, 0.2) is 5.60 Å². The number of benzene rings is 1. The van der Waals surface area contributed by atoms with Crippen LogP contribution in [0, 0.1) is 6.92 Å². The van der Waals surface area contributed by atoms with Crippen molar-refractivity contribution in [2.45, 2.75) is 19.4 Å². The third-order valence-electron chi connectivity index (χ3n) is 3.20. The number of carboxylic acids is 1. The molecule has 0 saturated carbocycles. The number of pyridine rings is 1. The first-order chi connectivity index (χ1) is 10.2. The fourth-order valence-electron chi connectivity index (χ4n) is 1.95. The van der Waals surface area contributed by atoms with Gasteiger partial charge in [0, 0.05) is 15.6 Å². The molecule has 0 fully saturated rings. The number of amides is 1. The molecule has 116 valence electrons. The molecule has 0 aliphatic rings. The summed E-state index contributed by atoms with van der Waals surface area (Å²) in [6.45, 7) is 2.51. The van der Waals surface area contributed by atoms with E-state index in [0.29, 0.717) is 22.2 Å². The second-order valence-electron chi connectivity index (χ2n) is 5.23. The summed E-state index contributed by atoms with van der Waals surface area (Å²) in [6, 6.07) is 6.98. The normalized spacial score (nSPS) is 13.6. The highest BCUT2D eigenvalue weighted by Crippen LogP contribution is 2.22. The van der Waals surface area contributed by atoms with Crippen LogP contribution in [0.15, 0.2) is 28.7 Å². The molecule has 0 spiro atoms. The maximum Gasteiger partial charge on any atom is 0.337 e. The SMILES string of the molecule is Cc1cc(C(=O)NCC(C)(O)C(=O)O)c2ccc(Br)cc2n1. The van der Waals surface area contributed by atoms with Crippen LogP contribution in [0.1, 0.15) is 23.0 Å². The molecule has 0 aliphatic heterocycles. The lowest BCUT2D eigenvalue weighted by atomic mass is 10.1. The lowest BCUT2D eigenvalue weighted by Gasteiger charge is -2.18. The second-order valence-corrected chi connectivity index (χ2v) is 6.15. The molecule has 1 amide bonds. The van der Waals surface area contributed by atoms with Crippen LogP contribution in [0.3, 0.4) is 0 Å². The molecule has 1 aromatic heterocycles. The van der Waals surface area contributed by atoms with Crippen molar-refractivity contribution in [2.75, 3.05) is 6.54 Å². The largest absolute Gasteiger partial charge is 0.479 e. The second kappa shape index (κ2) is 6.02.